The molecule has 136 valence electrons. The van der Waals surface area contributed by atoms with Crippen LogP contribution in [0, 0.1) is 5.82 Å². The number of rotatable bonds is 7. The molecule has 8 heteroatoms. The van der Waals surface area contributed by atoms with E-state index in [9.17, 15) is 17.9 Å². The van der Waals surface area contributed by atoms with Crippen LogP contribution in [-0.4, -0.2) is 34.3 Å². The Bertz CT molecular complexity index is 835. The lowest BCUT2D eigenvalue weighted by Crippen LogP contribution is -2.38. The molecule has 0 aliphatic carbocycles. The van der Waals surface area contributed by atoms with Crippen LogP contribution < -0.4 is 14.2 Å². The molecule has 0 amide bonds. The molecule has 2 N–H and O–H groups in total. The third-order valence-electron chi connectivity index (χ3n) is 3.74. The van der Waals surface area contributed by atoms with Crippen LogP contribution in [0.3, 0.4) is 0 Å². The zero-order valence-electron chi connectivity index (χ0n) is 14.1. The molecule has 2 rings (SSSR count). The standard InChI is InChI=1S/C17H20FNO5S/c1-17(20,12-4-6-13(18)7-5-12)11-19-25(21,22)14-8-9-15(23-2)16(10-14)24-3/h4-10,19-20H,11H2,1-3H3. The molecule has 0 heterocycles. The number of hydrogen-bond acceptors (Lipinski definition) is 5. The van der Waals surface area contributed by atoms with E-state index in [1.807, 2.05) is 0 Å². The first-order valence-electron chi connectivity index (χ1n) is 7.40. The van der Waals surface area contributed by atoms with Gasteiger partial charge in [-0.1, -0.05) is 12.1 Å². The maximum atomic E-state index is 13.0. The van der Waals surface area contributed by atoms with Crippen LogP contribution >= 0.6 is 0 Å². The Hall–Kier alpha value is -2.16. The number of ether oxygens (including phenoxy) is 2. The van der Waals surface area contributed by atoms with E-state index in [-0.39, 0.29) is 17.2 Å². The van der Waals surface area contributed by atoms with E-state index in [2.05, 4.69) is 4.72 Å². The summed E-state index contributed by atoms with van der Waals surface area (Å²) < 4.78 is 50.4. The van der Waals surface area contributed by atoms with Crippen molar-refractivity contribution >= 4 is 10.0 Å². The highest BCUT2D eigenvalue weighted by Gasteiger charge is 2.26. The third kappa shape index (κ3) is 4.47. The van der Waals surface area contributed by atoms with Crippen molar-refractivity contribution in [2.75, 3.05) is 20.8 Å². The number of benzene rings is 2. The van der Waals surface area contributed by atoms with Gasteiger partial charge >= 0.3 is 0 Å². The minimum Gasteiger partial charge on any atom is -0.493 e. The van der Waals surface area contributed by atoms with Gasteiger partial charge in [0.05, 0.1) is 19.1 Å². The molecule has 1 unspecified atom stereocenters. The maximum Gasteiger partial charge on any atom is 0.240 e. The molecule has 2 aromatic rings. The Kier molecular flexibility index (Phi) is 5.66. The number of aliphatic hydroxyl groups is 1. The van der Waals surface area contributed by atoms with Crippen molar-refractivity contribution in [1.82, 2.24) is 4.72 Å². The van der Waals surface area contributed by atoms with Gasteiger partial charge in [0.15, 0.2) is 11.5 Å². The highest BCUT2D eigenvalue weighted by atomic mass is 32.2. The van der Waals surface area contributed by atoms with Crippen LogP contribution in [0.2, 0.25) is 0 Å². The normalized spacial score (nSPS) is 14.0. The molecular formula is C17H20FNO5S. The smallest absolute Gasteiger partial charge is 0.240 e. The van der Waals surface area contributed by atoms with Gasteiger partial charge in [-0.05, 0) is 36.8 Å². The van der Waals surface area contributed by atoms with Crippen LogP contribution in [0.1, 0.15) is 12.5 Å². The topological polar surface area (TPSA) is 84.9 Å². The predicted molar refractivity (Wildman–Crippen MR) is 90.7 cm³/mol. The monoisotopic (exact) mass is 369 g/mol. The van der Waals surface area contributed by atoms with E-state index in [1.165, 1.54) is 63.6 Å². The van der Waals surface area contributed by atoms with Crippen LogP contribution in [0.15, 0.2) is 47.4 Å². The van der Waals surface area contributed by atoms with E-state index in [0.717, 1.165) is 0 Å². The van der Waals surface area contributed by atoms with Crippen molar-refractivity contribution in [2.24, 2.45) is 0 Å². The quantitative estimate of drug-likeness (QED) is 0.780. The number of nitrogens with one attached hydrogen (secondary N) is 1. The molecule has 0 radical (unpaired) electrons. The number of sulfonamides is 1. The molecule has 0 spiro atoms. The van der Waals surface area contributed by atoms with Gasteiger partial charge in [0.2, 0.25) is 10.0 Å². The Morgan fingerprint density at radius 2 is 1.68 bits per heavy atom. The van der Waals surface area contributed by atoms with Gasteiger partial charge in [0.1, 0.15) is 11.4 Å². The Labute approximate surface area is 146 Å². The lowest BCUT2D eigenvalue weighted by Gasteiger charge is -2.24. The van der Waals surface area contributed by atoms with E-state index in [0.29, 0.717) is 11.3 Å². The second-order valence-electron chi connectivity index (χ2n) is 5.62. The van der Waals surface area contributed by atoms with Gasteiger partial charge in [-0.2, -0.15) is 0 Å². The van der Waals surface area contributed by atoms with Crippen molar-refractivity contribution in [2.45, 2.75) is 17.4 Å². The SMILES string of the molecule is COc1ccc(S(=O)(=O)NCC(C)(O)c2ccc(F)cc2)cc1OC. The van der Waals surface area contributed by atoms with Gasteiger partial charge in [0.25, 0.3) is 0 Å². The van der Waals surface area contributed by atoms with Crippen molar-refractivity contribution < 1.29 is 27.4 Å². The molecule has 0 aliphatic heterocycles. The molecule has 25 heavy (non-hydrogen) atoms. The zero-order valence-corrected chi connectivity index (χ0v) is 14.9. The zero-order chi connectivity index (χ0) is 18.7. The minimum absolute atomic E-state index is 0.0277. The molecular weight excluding hydrogens is 349 g/mol. The second-order valence-corrected chi connectivity index (χ2v) is 7.39. The summed E-state index contributed by atoms with van der Waals surface area (Å²) >= 11 is 0. The highest BCUT2D eigenvalue weighted by molar-refractivity contribution is 7.89. The Morgan fingerprint density at radius 3 is 2.24 bits per heavy atom. The van der Waals surface area contributed by atoms with Gasteiger partial charge in [-0.25, -0.2) is 17.5 Å². The van der Waals surface area contributed by atoms with Crippen LogP contribution in [0.25, 0.3) is 0 Å². The lowest BCUT2D eigenvalue weighted by atomic mass is 9.96. The Balaban J connectivity index is 2.19. The molecule has 0 fully saturated rings. The summed E-state index contributed by atoms with van der Waals surface area (Å²) in [5.74, 6) is 0.237. The van der Waals surface area contributed by atoms with Crippen molar-refractivity contribution in [3.63, 3.8) is 0 Å². The molecule has 2 aromatic carbocycles. The highest BCUT2D eigenvalue weighted by Crippen LogP contribution is 2.29. The number of hydrogen-bond donors (Lipinski definition) is 2. The van der Waals surface area contributed by atoms with E-state index in [4.69, 9.17) is 9.47 Å². The van der Waals surface area contributed by atoms with Crippen LogP contribution in [0.4, 0.5) is 4.39 Å². The first-order chi connectivity index (χ1) is 11.7. The third-order valence-corrected chi connectivity index (χ3v) is 5.14. The van der Waals surface area contributed by atoms with E-state index in [1.54, 1.807) is 0 Å². The molecule has 0 aromatic heterocycles. The van der Waals surface area contributed by atoms with Crippen molar-refractivity contribution in [3.05, 3.63) is 53.8 Å². The number of halogens is 1. The first-order valence-corrected chi connectivity index (χ1v) is 8.88. The molecule has 0 aliphatic rings. The summed E-state index contributed by atoms with van der Waals surface area (Å²) in [5, 5.41) is 10.5. The number of methoxy groups -OCH3 is 2. The molecule has 0 saturated carbocycles. The predicted octanol–water partition coefficient (Wildman–Crippen LogP) is 2.03. The molecule has 6 nitrogen and oxygen atoms in total. The fraction of sp³-hybridized carbons (Fsp3) is 0.294. The summed E-state index contributed by atoms with van der Waals surface area (Å²) in [7, 11) is -1.03. The first kappa shape index (κ1) is 19.2. The van der Waals surface area contributed by atoms with Crippen molar-refractivity contribution in [3.8, 4) is 11.5 Å². The molecule has 0 saturated heterocycles. The Morgan fingerprint density at radius 1 is 1.08 bits per heavy atom. The van der Waals surface area contributed by atoms with Crippen LogP contribution in [0.5, 0.6) is 11.5 Å². The largest absolute Gasteiger partial charge is 0.493 e. The second kappa shape index (κ2) is 7.38. The summed E-state index contributed by atoms with van der Waals surface area (Å²) in [5.41, 5.74) is -1.11. The van der Waals surface area contributed by atoms with Gasteiger partial charge in [0, 0.05) is 12.6 Å². The minimum atomic E-state index is -3.89. The van der Waals surface area contributed by atoms with Gasteiger partial charge < -0.3 is 14.6 Å². The fourth-order valence-electron chi connectivity index (χ4n) is 2.21. The van der Waals surface area contributed by atoms with Gasteiger partial charge in [-0.15, -0.1) is 0 Å². The summed E-state index contributed by atoms with van der Waals surface area (Å²) in [4.78, 5) is -0.0277. The van der Waals surface area contributed by atoms with E-state index < -0.39 is 21.4 Å². The van der Waals surface area contributed by atoms with Crippen molar-refractivity contribution in [1.29, 1.82) is 0 Å². The summed E-state index contributed by atoms with van der Waals surface area (Å²) in [6.45, 7) is 1.16. The summed E-state index contributed by atoms with van der Waals surface area (Å²) in [6, 6.07) is 9.38. The molecule has 0 bridgehead atoms. The average Bonchev–Trinajstić information content (AvgIpc) is 2.60. The average molecular weight is 369 g/mol. The lowest BCUT2D eigenvalue weighted by molar-refractivity contribution is 0.0627. The fourth-order valence-corrected chi connectivity index (χ4v) is 3.36. The maximum absolute atomic E-state index is 13.0. The molecule has 1 atom stereocenters. The summed E-state index contributed by atoms with van der Waals surface area (Å²) in [6.07, 6.45) is 0. The van der Waals surface area contributed by atoms with Gasteiger partial charge in [-0.3, -0.25) is 0 Å². The van der Waals surface area contributed by atoms with Crippen LogP contribution in [-0.2, 0) is 15.6 Å². The van der Waals surface area contributed by atoms with E-state index >= 15 is 0 Å².